The van der Waals surface area contributed by atoms with Gasteiger partial charge in [-0.15, -0.1) is 0 Å². The number of nitrogens with zero attached hydrogens (tertiary/aromatic N) is 2. The first-order valence-electron chi connectivity index (χ1n) is 6.21. The molecule has 1 rings (SSSR count). The van der Waals surface area contributed by atoms with Crippen LogP contribution in [-0.4, -0.2) is 34.2 Å². The number of hydrogen-bond donors (Lipinski definition) is 3. The molecule has 7 heteroatoms. The summed E-state index contributed by atoms with van der Waals surface area (Å²) in [5.41, 5.74) is 6.43. The second kappa shape index (κ2) is 6.89. The molecule has 1 aromatic heterocycles. The van der Waals surface area contributed by atoms with E-state index in [1.807, 2.05) is 13.8 Å². The zero-order valence-electron chi connectivity index (χ0n) is 11.5. The third-order valence-corrected chi connectivity index (χ3v) is 2.47. The molecule has 1 unspecified atom stereocenters. The molecular weight excluding hydrogens is 246 g/mol. The van der Waals surface area contributed by atoms with Gasteiger partial charge in [0.1, 0.15) is 6.04 Å². The van der Waals surface area contributed by atoms with E-state index in [2.05, 4.69) is 15.7 Å². The van der Waals surface area contributed by atoms with Crippen molar-refractivity contribution in [1.29, 1.82) is 0 Å². The molecule has 0 radical (unpaired) electrons. The molecule has 1 heterocycles. The Kier molecular flexibility index (Phi) is 5.50. The first-order chi connectivity index (χ1) is 8.90. The second-order valence-electron chi connectivity index (χ2n) is 4.69. The lowest BCUT2D eigenvalue weighted by atomic mass is 10.1. The molecule has 0 aliphatic heterocycles. The van der Waals surface area contributed by atoms with Gasteiger partial charge in [-0.2, -0.15) is 5.10 Å². The lowest BCUT2D eigenvalue weighted by Gasteiger charge is -2.11. The van der Waals surface area contributed by atoms with E-state index in [9.17, 15) is 9.59 Å². The maximum atomic E-state index is 11.8. The van der Waals surface area contributed by atoms with E-state index in [4.69, 9.17) is 5.73 Å². The number of nitrogens with two attached hydrogens (primary N) is 1. The minimum absolute atomic E-state index is 0.0924. The molecular formula is C12H21N5O2. The fraction of sp³-hybridized carbons (Fsp3) is 0.583. The zero-order chi connectivity index (χ0) is 14.4. The van der Waals surface area contributed by atoms with Gasteiger partial charge in [0, 0.05) is 37.8 Å². The lowest BCUT2D eigenvalue weighted by Crippen LogP contribution is -2.37. The van der Waals surface area contributed by atoms with Crippen molar-refractivity contribution < 1.29 is 9.59 Å². The molecule has 0 fully saturated rings. The largest absolute Gasteiger partial charge is 0.354 e. The molecule has 1 atom stereocenters. The number of hydrogen-bond acceptors (Lipinski definition) is 4. The van der Waals surface area contributed by atoms with E-state index in [1.165, 1.54) is 0 Å². The highest BCUT2D eigenvalue weighted by atomic mass is 16.2. The molecule has 0 saturated heterocycles. The minimum atomic E-state index is -0.762. The van der Waals surface area contributed by atoms with Crippen LogP contribution < -0.4 is 16.4 Å². The summed E-state index contributed by atoms with van der Waals surface area (Å²) in [7, 11) is 1.75. The Labute approximate surface area is 112 Å². The maximum absolute atomic E-state index is 11.8. The SMILES string of the molecule is CC(C)NC(=O)CCNC(=O)C(N)c1cnn(C)c1. The van der Waals surface area contributed by atoms with E-state index < -0.39 is 6.04 Å². The van der Waals surface area contributed by atoms with Crippen LogP contribution in [0, 0.1) is 0 Å². The van der Waals surface area contributed by atoms with Crippen molar-refractivity contribution in [1.82, 2.24) is 20.4 Å². The van der Waals surface area contributed by atoms with Crippen LogP contribution in [0.5, 0.6) is 0 Å². The molecule has 2 amide bonds. The number of nitrogens with one attached hydrogen (secondary N) is 2. The number of amides is 2. The molecule has 1 aromatic rings. The molecule has 4 N–H and O–H groups in total. The summed E-state index contributed by atoms with van der Waals surface area (Å²) in [6.07, 6.45) is 3.48. The van der Waals surface area contributed by atoms with E-state index in [-0.39, 0.29) is 30.8 Å². The Morgan fingerprint density at radius 3 is 2.68 bits per heavy atom. The number of carbonyl (C=O) groups is 2. The highest BCUT2D eigenvalue weighted by molar-refractivity contribution is 5.83. The van der Waals surface area contributed by atoms with Crippen molar-refractivity contribution in [2.24, 2.45) is 12.8 Å². The Morgan fingerprint density at radius 2 is 2.16 bits per heavy atom. The van der Waals surface area contributed by atoms with Gasteiger partial charge in [-0.1, -0.05) is 0 Å². The van der Waals surface area contributed by atoms with Gasteiger partial charge in [0.2, 0.25) is 11.8 Å². The van der Waals surface area contributed by atoms with Crippen molar-refractivity contribution in [3.05, 3.63) is 18.0 Å². The van der Waals surface area contributed by atoms with Crippen molar-refractivity contribution in [2.45, 2.75) is 32.4 Å². The van der Waals surface area contributed by atoms with Gasteiger partial charge in [-0.05, 0) is 13.8 Å². The quantitative estimate of drug-likeness (QED) is 0.643. The molecule has 0 aliphatic carbocycles. The monoisotopic (exact) mass is 267 g/mol. The average molecular weight is 267 g/mol. The normalized spacial score (nSPS) is 12.3. The van der Waals surface area contributed by atoms with Gasteiger partial charge < -0.3 is 16.4 Å². The number of carbonyl (C=O) groups excluding carboxylic acids is 2. The smallest absolute Gasteiger partial charge is 0.241 e. The van der Waals surface area contributed by atoms with Gasteiger partial charge >= 0.3 is 0 Å². The fourth-order valence-electron chi connectivity index (χ4n) is 1.56. The molecule has 19 heavy (non-hydrogen) atoms. The summed E-state index contributed by atoms with van der Waals surface area (Å²) in [5, 5.41) is 9.33. The topological polar surface area (TPSA) is 102 Å². The lowest BCUT2D eigenvalue weighted by molar-refractivity contribution is -0.123. The third kappa shape index (κ3) is 5.09. The maximum Gasteiger partial charge on any atom is 0.241 e. The summed E-state index contributed by atoms with van der Waals surface area (Å²) >= 11 is 0. The molecule has 0 saturated carbocycles. The summed E-state index contributed by atoms with van der Waals surface area (Å²) in [6, 6.07) is -0.664. The fourth-order valence-corrected chi connectivity index (χ4v) is 1.56. The highest BCUT2D eigenvalue weighted by Gasteiger charge is 2.17. The molecule has 106 valence electrons. The minimum Gasteiger partial charge on any atom is -0.354 e. The predicted molar refractivity (Wildman–Crippen MR) is 71.0 cm³/mol. The van der Waals surface area contributed by atoms with Crippen LogP contribution in [0.2, 0.25) is 0 Å². The van der Waals surface area contributed by atoms with Crippen LogP contribution in [0.3, 0.4) is 0 Å². The Hall–Kier alpha value is -1.89. The number of rotatable bonds is 6. The molecule has 0 aromatic carbocycles. The zero-order valence-corrected chi connectivity index (χ0v) is 11.5. The molecule has 0 spiro atoms. The van der Waals surface area contributed by atoms with E-state index in [0.29, 0.717) is 5.56 Å². The van der Waals surface area contributed by atoms with Gasteiger partial charge in [-0.3, -0.25) is 14.3 Å². The molecule has 0 bridgehead atoms. The van der Waals surface area contributed by atoms with Crippen LogP contribution in [0.15, 0.2) is 12.4 Å². The molecule has 7 nitrogen and oxygen atoms in total. The van der Waals surface area contributed by atoms with Crippen LogP contribution in [0.25, 0.3) is 0 Å². The van der Waals surface area contributed by atoms with Gasteiger partial charge in [0.15, 0.2) is 0 Å². The Balaban J connectivity index is 2.33. The number of aromatic nitrogens is 2. The standard InChI is InChI=1S/C12H21N5O2/c1-8(2)16-10(18)4-5-14-12(19)11(13)9-6-15-17(3)7-9/h6-8,11H,4-5,13H2,1-3H3,(H,14,19)(H,16,18). The predicted octanol–water partition coefficient (Wildman–Crippen LogP) is -0.549. The van der Waals surface area contributed by atoms with Gasteiger partial charge in [-0.25, -0.2) is 0 Å². The van der Waals surface area contributed by atoms with Gasteiger partial charge in [0.25, 0.3) is 0 Å². The Bertz CT molecular complexity index is 441. The van der Waals surface area contributed by atoms with Crippen molar-refractivity contribution in [2.75, 3.05) is 6.54 Å². The van der Waals surface area contributed by atoms with Gasteiger partial charge in [0.05, 0.1) is 6.20 Å². The highest BCUT2D eigenvalue weighted by Crippen LogP contribution is 2.07. The Morgan fingerprint density at radius 1 is 1.47 bits per heavy atom. The van der Waals surface area contributed by atoms with Crippen LogP contribution in [0.1, 0.15) is 31.9 Å². The van der Waals surface area contributed by atoms with Crippen LogP contribution >= 0.6 is 0 Å². The average Bonchev–Trinajstić information content (AvgIpc) is 2.73. The summed E-state index contributed by atoms with van der Waals surface area (Å²) in [4.78, 5) is 23.1. The van der Waals surface area contributed by atoms with E-state index in [0.717, 1.165) is 0 Å². The number of aryl methyl sites for hydroxylation is 1. The van der Waals surface area contributed by atoms with Crippen molar-refractivity contribution >= 4 is 11.8 Å². The third-order valence-electron chi connectivity index (χ3n) is 2.47. The van der Waals surface area contributed by atoms with E-state index >= 15 is 0 Å². The second-order valence-corrected chi connectivity index (χ2v) is 4.69. The van der Waals surface area contributed by atoms with E-state index in [1.54, 1.807) is 24.1 Å². The van der Waals surface area contributed by atoms with Crippen molar-refractivity contribution in [3.8, 4) is 0 Å². The summed E-state index contributed by atoms with van der Waals surface area (Å²) in [5.74, 6) is -0.407. The summed E-state index contributed by atoms with van der Waals surface area (Å²) < 4.78 is 1.58. The van der Waals surface area contributed by atoms with Crippen LogP contribution in [0.4, 0.5) is 0 Å². The summed E-state index contributed by atoms with van der Waals surface area (Å²) in [6.45, 7) is 4.04. The van der Waals surface area contributed by atoms with Crippen molar-refractivity contribution in [3.63, 3.8) is 0 Å². The first-order valence-corrected chi connectivity index (χ1v) is 6.21. The molecule has 0 aliphatic rings. The van der Waals surface area contributed by atoms with Crippen LogP contribution in [-0.2, 0) is 16.6 Å². The first kappa shape index (κ1) is 15.2.